The Labute approximate surface area is 144 Å². The van der Waals surface area contributed by atoms with Gasteiger partial charge in [0, 0.05) is 23.5 Å². The minimum atomic E-state index is -0.518. The standard InChI is InChI=1S/C17H20FN3O2S/c1-21(11-13-5-2-3-7-15(13)18)12-16(22)20-17(23)19-9-8-14-6-4-10-24-14/h2-7,10H,8-9,11-12H2,1H3,(H2,19,20,22,23). The van der Waals surface area contributed by atoms with E-state index in [1.165, 1.54) is 10.9 Å². The molecule has 7 heteroatoms. The molecule has 3 amide bonds. The maximum absolute atomic E-state index is 13.6. The number of carbonyl (C=O) groups is 2. The summed E-state index contributed by atoms with van der Waals surface area (Å²) in [5, 5.41) is 6.89. The largest absolute Gasteiger partial charge is 0.337 e. The number of nitrogens with zero attached hydrogens (tertiary/aromatic N) is 1. The van der Waals surface area contributed by atoms with Crippen LogP contribution in [0, 0.1) is 5.82 Å². The van der Waals surface area contributed by atoms with Crippen molar-refractivity contribution in [3.05, 3.63) is 58.0 Å². The summed E-state index contributed by atoms with van der Waals surface area (Å²) in [6.07, 6.45) is 0.729. The molecule has 2 N–H and O–H groups in total. The first-order chi connectivity index (χ1) is 11.5. The fourth-order valence-corrected chi connectivity index (χ4v) is 2.89. The van der Waals surface area contributed by atoms with Crippen LogP contribution in [0.4, 0.5) is 9.18 Å². The van der Waals surface area contributed by atoms with Gasteiger partial charge in [0.1, 0.15) is 5.82 Å². The third-order valence-electron chi connectivity index (χ3n) is 3.30. The van der Waals surface area contributed by atoms with Gasteiger partial charge in [-0.05, 0) is 31.0 Å². The Morgan fingerprint density at radius 1 is 1.21 bits per heavy atom. The Kier molecular flexibility index (Phi) is 6.89. The van der Waals surface area contributed by atoms with Crippen LogP contribution in [-0.4, -0.2) is 37.0 Å². The molecule has 0 unspecified atom stereocenters. The zero-order valence-corrected chi connectivity index (χ0v) is 14.2. The highest BCUT2D eigenvalue weighted by atomic mass is 32.1. The van der Waals surface area contributed by atoms with E-state index in [1.807, 2.05) is 17.5 Å². The Morgan fingerprint density at radius 2 is 2.00 bits per heavy atom. The predicted molar refractivity (Wildman–Crippen MR) is 92.3 cm³/mol. The quantitative estimate of drug-likeness (QED) is 0.807. The topological polar surface area (TPSA) is 61.4 Å². The summed E-state index contributed by atoms with van der Waals surface area (Å²) >= 11 is 1.62. The molecule has 5 nitrogen and oxygen atoms in total. The van der Waals surface area contributed by atoms with Crippen LogP contribution in [0.1, 0.15) is 10.4 Å². The van der Waals surface area contributed by atoms with E-state index >= 15 is 0 Å². The first-order valence-electron chi connectivity index (χ1n) is 7.56. The van der Waals surface area contributed by atoms with Crippen LogP contribution in [-0.2, 0) is 17.8 Å². The van der Waals surface area contributed by atoms with Crippen molar-refractivity contribution in [1.29, 1.82) is 0 Å². The molecule has 2 rings (SSSR count). The number of likely N-dealkylation sites (N-methyl/N-ethyl adjacent to an activating group) is 1. The van der Waals surface area contributed by atoms with Gasteiger partial charge in [-0.2, -0.15) is 0 Å². The molecule has 0 bridgehead atoms. The van der Waals surface area contributed by atoms with E-state index < -0.39 is 11.9 Å². The number of urea groups is 1. The van der Waals surface area contributed by atoms with E-state index in [1.54, 1.807) is 41.5 Å². The van der Waals surface area contributed by atoms with Crippen LogP contribution < -0.4 is 10.6 Å². The molecule has 0 saturated carbocycles. The van der Waals surface area contributed by atoms with E-state index in [-0.39, 0.29) is 12.4 Å². The summed E-state index contributed by atoms with van der Waals surface area (Å²) in [6, 6.07) is 9.84. The van der Waals surface area contributed by atoms with Crippen LogP contribution in [0.5, 0.6) is 0 Å². The van der Waals surface area contributed by atoms with Crippen molar-refractivity contribution in [2.45, 2.75) is 13.0 Å². The van der Waals surface area contributed by atoms with Gasteiger partial charge in [0.2, 0.25) is 5.91 Å². The molecule has 0 aliphatic carbocycles. The van der Waals surface area contributed by atoms with Crippen molar-refractivity contribution in [1.82, 2.24) is 15.5 Å². The molecule has 0 aliphatic rings. The molecule has 2 aromatic rings. The van der Waals surface area contributed by atoms with Gasteiger partial charge in [-0.1, -0.05) is 24.3 Å². The Morgan fingerprint density at radius 3 is 2.71 bits per heavy atom. The Bertz CT molecular complexity index is 676. The summed E-state index contributed by atoms with van der Waals surface area (Å²) in [6.45, 7) is 0.761. The minimum Gasteiger partial charge on any atom is -0.337 e. The molecular weight excluding hydrogens is 329 g/mol. The molecule has 1 aromatic carbocycles. The average molecular weight is 349 g/mol. The third kappa shape index (κ3) is 6.10. The van der Waals surface area contributed by atoms with Crippen molar-refractivity contribution in [2.24, 2.45) is 0 Å². The number of carbonyl (C=O) groups excluding carboxylic acids is 2. The van der Waals surface area contributed by atoms with Gasteiger partial charge in [0.15, 0.2) is 0 Å². The summed E-state index contributed by atoms with van der Waals surface area (Å²) in [7, 11) is 1.70. The number of nitrogens with one attached hydrogen (secondary N) is 2. The van der Waals surface area contributed by atoms with Gasteiger partial charge >= 0.3 is 6.03 Å². The smallest absolute Gasteiger partial charge is 0.321 e. The van der Waals surface area contributed by atoms with Crippen LogP contribution >= 0.6 is 11.3 Å². The third-order valence-corrected chi connectivity index (χ3v) is 4.24. The molecule has 0 radical (unpaired) electrons. The number of imide groups is 1. The van der Waals surface area contributed by atoms with Crippen LogP contribution in [0.2, 0.25) is 0 Å². The second-order valence-electron chi connectivity index (χ2n) is 5.40. The second kappa shape index (κ2) is 9.14. The van der Waals surface area contributed by atoms with Crippen LogP contribution in [0.3, 0.4) is 0 Å². The van der Waals surface area contributed by atoms with Crippen LogP contribution in [0.25, 0.3) is 0 Å². The molecule has 0 saturated heterocycles. The lowest BCUT2D eigenvalue weighted by atomic mass is 10.2. The van der Waals surface area contributed by atoms with Crippen molar-refractivity contribution in [3.8, 4) is 0 Å². The fourth-order valence-electron chi connectivity index (χ4n) is 2.18. The van der Waals surface area contributed by atoms with Crippen LogP contribution in [0.15, 0.2) is 41.8 Å². The highest BCUT2D eigenvalue weighted by Gasteiger charge is 2.12. The molecule has 128 valence electrons. The molecular formula is C17H20FN3O2S. The lowest BCUT2D eigenvalue weighted by molar-refractivity contribution is -0.121. The first kappa shape index (κ1) is 18.1. The predicted octanol–water partition coefficient (Wildman–Crippen LogP) is 2.39. The zero-order chi connectivity index (χ0) is 17.4. The number of hydrogen-bond acceptors (Lipinski definition) is 4. The number of thiophene rings is 1. The molecule has 0 fully saturated rings. The summed E-state index contributed by atoms with van der Waals surface area (Å²) in [5.41, 5.74) is 0.508. The molecule has 0 aliphatic heterocycles. The maximum Gasteiger partial charge on any atom is 0.321 e. The van der Waals surface area contributed by atoms with Gasteiger partial charge < -0.3 is 5.32 Å². The lowest BCUT2D eigenvalue weighted by Crippen LogP contribution is -2.44. The Hall–Kier alpha value is -2.25. The molecule has 0 spiro atoms. The van der Waals surface area contributed by atoms with Crippen molar-refractivity contribution >= 4 is 23.3 Å². The first-order valence-corrected chi connectivity index (χ1v) is 8.44. The van der Waals surface area contributed by atoms with Crippen molar-refractivity contribution in [2.75, 3.05) is 20.1 Å². The van der Waals surface area contributed by atoms with E-state index in [9.17, 15) is 14.0 Å². The number of halogens is 1. The highest BCUT2D eigenvalue weighted by molar-refractivity contribution is 7.09. The van der Waals surface area contributed by atoms with Gasteiger partial charge in [0.05, 0.1) is 6.54 Å². The van der Waals surface area contributed by atoms with E-state index in [0.717, 1.165) is 6.42 Å². The summed E-state index contributed by atoms with van der Waals surface area (Å²) in [5.74, 6) is -0.737. The fraction of sp³-hybridized carbons (Fsp3) is 0.294. The molecule has 24 heavy (non-hydrogen) atoms. The average Bonchev–Trinajstić information content (AvgIpc) is 3.02. The number of hydrogen-bond donors (Lipinski definition) is 2. The van der Waals surface area contributed by atoms with E-state index in [2.05, 4.69) is 10.6 Å². The highest BCUT2D eigenvalue weighted by Crippen LogP contribution is 2.09. The van der Waals surface area contributed by atoms with E-state index in [4.69, 9.17) is 0 Å². The molecule has 0 atom stereocenters. The van der Waals surface area contributed by atoms with Gasteiger partial charge in [-0.15, -0.1) is 11.3 Å². The van der Waals surface area contributed by atoms with Gasteiger partial charge in [0.25, 0.3) is 0 Å². The van der Waals surface area contributed by atoms with Gasteiger partial charge in [-0.3, -0.25) is 15.0 Å². The van der Waals surface area contributed by atoms with E-state index in [0.29, 0.717) is 18.7 Å². The number of amides is 3. The van der Waals surface area contributed by atoms with Gasteiger partial charge in [-0.25, -0.2) is 9.18 Å². The maximum atomic E-state index is 13.6. The zero-order valence-electron chi connectivity index (χ0n) is 13.4. The lowest BCUT2D eigenvalue weighted by Gasteiger charge is -2.16. The summed E-state index contributed by atoms with van der Waals surface area (Å²) in [4.78, 5) is 26.3. The number of benzene rings is 1. The van der Waals surface area contributed by atoms with Crippen molar-refractivity contribution < 1.29 is 14.0 Å². The monoisotopic (exact) mass is 349 g/mol. The summed E-state index contributed by atoms with van der Waals surface area (Å²) < 4.78 is 13.6. The normalized spacial score (nSPS) is 10.6. The second-order valence-corrected chi connectivity index (χ2v) is 6.43. The van der Waals surface area contributed by atoms with Crippen molar-refractivity contribution in [3.63, 3.8) is 0 Å². The molecule has 1 aromatic heterocycles. The SMILES string of the molecule is CN(CC(=O)NC(=O)NCCc1cccs1)Cc1ccccc1F. The number of rotatable bonds is 7. The minimum absolute atomic E-state index is 0.00663. The molecule has 1 heterocycles. The Balaban J connectivity index is 1.68.